The molecule has 6 rings (SSSR count). The second-order valence-electron chi connectivity index (χ2n) is 12.2. The van der Waals surface area contributed by atoms with Crippen LogP contribution in [-0.4, -0.2) is 53.3 Å². The average Bonchev–Trinajstić information content (AvgIpc) is 3.44. The van der Waals surface area contributed by atoms with Crippen molar-refractivity contribution in [2.24, 2.45) is 0 Å². The number of carbonyl (C=O) groups is 4. The number of ether oxygens (including phenoxy) is 2. The Bertz CT molecular complexity index is 2240. The van der Waals surface area contributed by atoms with Gasteiger partial charge in [0.15, 0.2) is 0 Å². The molecule has 1 N–H and O–H groups in total. The monoisotopic (exact) mass is 758 g/mol. The molecule has 1 aliphatic heterocycles. The first kappa shape index (κ1) is 37.3. The predicted octanol–water partition coefficient (Wildman–Crippen LogP) is 6.61. The number of amides is 3. The Kier molecular flexibility index (Phi) is 10.1. The van der Waals surface area contributed by atoms with Crippen LogP contribution in [0.4, 0.5) is 23.7 Å². The number of imide groups is 1. The van der Waals surface area contributed by atoms with Crippen LogP contribution in [-0.2, 0) is 14.6 Å². The summed E-state index contributed by atoms with van der Waals surface area (Å²) in [6.45, 7) is 3.13. The molecule has 3 amide bonds. The van der Waals surface area contributed by atoms with Crippen molar-refractivity contribution >= 4 is 39.4 Å². The number of sulfone groups is 1. The van der Waals surface area contributed by atoms with Gasteiger partial charge in [-0.15, -0.1) is 0 Å². The van der Waals surface area contributed by atoms with Crippen molar-refractivity contribution in [1.82, 2.24) is 15.3 Å². The molecule has 12 nitrogen and oxygen atoms in total. The Hall–Kier alpha value is -6.42. The summed E-state index contributed by atoms with van der Waals surface area (Å²) < 4.78 is 75.1. The zero-order valence-electron chi connectivity index (χ0n) is 28.4. The molecule has 2 atom stereocenters. The van der Waals surface area contributed by atoms with E-state index in [1.807, 2.05) is 0 Å². The first-order valence-corrected chi connectivity index (χ1v) is 17.7. The van der Waals surface area contributed by atoms with Gasteiger partial charge in [-0.2, -0.15) is 13.2 Å². The molecule has 0 saturated carbocycles. The Balaban J connectivity index is 1.47. The van der Waals surface area contributed by atoms with Crippen LogP contribution in [0.2, 0.25) is 0 Å². The maximum absolute atomic E-state index is 14.9. The molecule has 0 spiro atoms. The molecule has 2 unspecified atom stereocenters. The largest absolute Gasteiger partial charge is 0.501 e. The first-order valence-electron chi connectivity index (χ1n) is 16.2. The van der Waals surface area contributed by atoms with Crippen LogP contribution in [0.1, 0.15) is 57.5 Å². The molecule has 1 fully saturated rings. The van der Waals surface area contributed by atoms with E-state index in [2.05, 4.69) is 15.3 Å². The minimum atomic E-state index is -5.74. The number of hydrogen-bond acceptors (Lipinski definition) is 10. The molecule has 0 radical (unpaired) electrons. The van der Waals surface area contributed by atoms with E-state index in [9.17, 15) is 40.8 Å². The Labute approximate surface area is 306 Å². The maximum Gasteiger partial charge on any atom is 0.501 e. The van der Waals surface area contributed by atoms with E-state index in [1.165, 1.54) is 36.9 Å². The molecule has 1 aliphatic rings. The van der Waals surface area contributed by atoms with Gasteiger partial charge in [-0.1, -0.05) is 50.2 Å². The molecular formula is C38H29F3N4O8S. The smallest absolute Gasteiger partial charge is 0.423 e. The van der Waals surface area contributed by atoms with Gasteiger partial charge in [-0.05, 0) is 71.8 Å². The predicted molar refractivity (Wildman–Crippen MR) is 187 cm³/mol. The third kappa shape index (κ3) is 6.78. The summed E-state index contributed by atoms with van der Waals surface area (Å²) in [5.74, 6) is -4.36. The molecule has 3 heterocycles. The van der Waals surface area contributed by atoms with Crippen molar-refractivity contribution < 1.29 is 50.2 Å². The second-order valence-corrected chi connectivity index (χ2v) is 14.1. The van der Waals surface area contributed by atoms with E-state index >= 15 is 0 Å². The van der Waals surface area contributed by atoms with Crippen molar-refractivity contribution in [2.45, 2.75) is 41.6 Å². The number of benzene rings is 3. The minimum absolute atomic E-state index is 0.0546. The molecule has 0 bridgehead atoms. The minimum Gasteiger partial charge on any atom is -0.423 e. The summed E-state index contributed by atoms with van der Waals surface area (Å²) in [5.41, 5.74) is -7.56. The molecule has 3 aromatic carbocycles. The van der Waals surface area contributed by atoms with Crippen molar-refractivity contribution in [3.05, 3.63) is 144 Å². The molecule has 2 aromatic heterocycles. The summed E-state index contributed by atoms with van der Waals surface area (Å²) >= 11 is 0. The second kappa shape index (κ2) is 14.5. The Morgan fingerprint density at radius 2 is 1.17 bits per heavy atom. The number of hydrogen-bond donors (Lipinski definition) is 1. The van der Waals surface area contributed by atoms with Crippen molar-refractivity contribution in [2.75, 3.05) is 4.90 Å². The van der Waals surface area contributed by atoms with Gasteiger partial charge in [0.2, 0.25) is 0 Å². The van der Waals surface area contributed by atoms with E-state index in [1.54, 1.807) is 74.5 Å². The number of nitrogens with zero attached hydrogens (tertiary/aromatic N) is 3. The number of carbonyl (C=O) groups excluding carboxylic acids is 4. The molecular weight excluding hydrogens is 729 g/mol. The quantitative estimate of drug-likeness (QED) is 0.0932. The van der Waals surface area contributed by atoms with Crippen molar-refractivity contribution in [1.29, 1.82) is 0 Å². The highest BCUT2D eigenvalue weighted by atomic mass is 32.2. The van der Waals surface area contributed by atoms with E-state index in [-0.39, 0.29) is 39.4 Å². The summed E-state index contributed by atoms with van der Waals surface area (Å²) in [5, 5.41) is 2.76. The third-order valence-electron chi connectivity index (χ3n) is 9.14. The Morgan fingerprint density at radius 3 is 1.59 bits per heavy atom. The van der Waals surface area contributed by atoms with Crippen LogP contribution in [0, 0.1) is 0 Å². The first-order chi connectivity index (χ1) is 25.7. The lowest BCUT2D eigenvalue weighted by atomic mass is 9.68. The fourth-order valence-electron chi connectivity index (χ4n) is 6.37. The van der Waals surface area contributed by atoms with Gasteiger partial charge in [-0.25, -0.2) is 27.7 Å². The molecule has 276 valence electrons. The number of para-hydroxylation sites is 2. The van der Waals surface area contributed by atoms with Crippen LogP contribution >= 0.6 is 0 Å². The summed E-state index contributed by atoms with van der Waals surface area (Å²) in [6, 6.07) is 21.3. The molecule has 1 saturated heterocycles. The number of urea groups is 1. The van der Waals surface area contributed by atoms with E-state index in [0.29, 0.717) is 17.0 Å². The fraction of sp³-hybridized carbons (Fsp3) is 0.158. The van der Waals surface area contributed by atoms with Crippen LogP contribution in [0.3, 0.4) is 0 Å². The number of rotatable bonds is 10. The van der Waals surface area contributed by atoms with Crippen LogP contribution in [0.5, 0.6) is 11.5 Å². The summed E-state index contributed by atoms with van der Waals surface area (Å²) in [4.78, 5) is 63.7. The average molecular weight is 759 g/mol. The highest BCUT2D eigenvalue weighted by Gasteiger charge is 2.59. The van der Waals surface area contributed by atoms with Crippen molar-refractivity contribution in [3.8, 4) is 11.5 Å². The molecule has 16 heteroatoms. The Morgan fingerprint density at radius 1 is 0.722 bits per heavy atom. The third-order valence-corrected chi connectivity index (χ3v) is 10.6. The van der Waals surface area contributed by atoms with E-state index in [4.69, 9.17) is 9.47 Å². The standard InChI is InChI=1S/C38H29F3N4O8S/c1-23(29-17-19-42-21-31(29)33(46)52-26-9-5-3-6-10-26)37(24(2)30-18-20-43-22-32(30)34(47)53-27-11-7-4-8-12-27)35(48)45(36(49)44-37)25-13-15-28(16-14-25)54(50,51)38(39,40)41/h3-24H,1-2H3,(H,44,49). The summed E-state index contributed by atoms with van der Waals surface area (Å²) in [6.07, 6.45) is 5.22. The SMILES string of the molecule is CC(c1ccncc1C(=O)Oc1ccccc1)C1(C(C)c2ccncc2C(=O)Oc2ccccc2)NC(=O)N(c2ccc(S(=O)(=O)C(F)(F)F)cc2)C1=O. The maximum atomic E-state index is 14.9. The van der Waals surface area contributed by atoms with Gasteiger partial charge in [0.25, 0.3) is 15.7 Å². The summed E-state index contributed by atoms with van der Waals surface area (Å²) in [7, 11) is -5.74. The van der Waals surface area contributed by atoms with Crippen LogP contribution in [0.25, 0.3) is 0 Å². The number of alkyl halides is 3. The van der Waals surface area contributed by atoms with Gasteiger partial charge >= 0.3 is 23.5 Å². The number of esters is 2. The lowest BCUT2D eigenvalue weighted by molar-refractivity contribution is -0.123. The van der Waals surface area contributed by atoms with Crippen LogP contribution in [0.15, 0.2) is 127 Å². The molecule has 5 aromatic rings. The number of pyridine rings is 2. The molecule has 54 heavy (non-hydrogen) atoms. The lowest BCUT2D eigenvalue weighted by Crippen LogP contribution is -2.55. The number of halogens is 3. The number of anilines is 1. The van der Waals surface area contributed by atoms with Gasteiger partial charge in [-0.3, -0.25) is 14.8 Å². The normalized spacial score (nSPS) is 17.0. The van der Waals surface area contributed by atoms with E-state index < -0.39 is 61.5 Å². The van der Waals surface area contributed by atoms with Gasteiger partial charge < -0.3 is 14.8 Å². The van der Waals surface area contributed by atoms with Crippen molar-refractivity contribution in [3.63, 3.8) is 0 Å². The van der Waals surface area contributed by atoms with Gasteiger partial charge in [0.05, 0.1) is 21.7 Å². The topological polar surface area (TPSA) is 162 Å². The van der Waals surface area contributed by atoms with Crippen LogP contribution < -0.4 is 19.7 Å². The number of nitrogens with one attached hydrogen (secondary N) is 1. The zero-order valence-corrected chi connectivity index (χ0v) is 29.2. The highest BCUT2D eigenvalue weighted by Crippen LogP contribution is 2.46. The van der Waals surface area contributed by atoms with E-state index in [0.717, 1.165) is 12.1 Å². The number of aromatic nitrogens is 2. The highest BCUT2D eigenvalue weighted by molar-refractivity contribution is 7.92. The molecule has 0 aliphatic carbocycles. The van der Waals surface area contributed by atoms with Gasteiger partial charge in [0, 0.05) is 36.6 Å². The fourth-order valence-corrected chi connectivity index (χ4v) is 7.13. The van der Waals surface area contributed by atoms with Gasteiger partial charge in [0.1, 0.15) is 17.0 Å². The zero-order chi connectivity index (χ0) is 38.8. The lowest BCUT2D eigenvalue weighted by Gasteiger charge is -2.39.